The summed E-state index contributed by atoms with van der Waals surface area (Å²) in [5.74, 6) is -0.0400. The summed E-state index contributed by atoms with van der Waals surface area (Å²) < 4.78 is 0. The van der Waals surface area contributed by atoms with Gasteiger partial charge in [0.2, 0.25) is 0 Å². The summed E-state index contributed by atoms with van der Waals surface area (Å²) in [6.07, 6.45) is 0. The first-order valence-electron chi connectivity index (χ1n) is 10.2. The number of phenolic OH excluding ortho intramolecular Hbond substituents is 1. The van der Waals surface area contributed by atoms with Crippen LogP contribution >= 0.6 is 0 Å². The molecule has 0 unspecified atom stereocenters. The van der Waals surface area contributed by atoms with Gasteiger partial charge in [0.05, 0.1) is 11.4 Å². The third-order valence-electron chi connectivity index (χ3n) is 5.65. The molecule has 0 radical (unpaired) electrons. The highest BCUT2D eigenvalue weighted by Crippen LogP contribution is 2.44. The van der Waals surface area contributed by atoms with Gasteiger partial charge in [-0.05, 0) is 73.5 Å². The predicted molar refractivity (Wildman–Crippen MR) is 126 cm³/mol. The molecule has 0 saturated heterocycles. The van der Waals surface area contributed by atoms with E-state index in [0.29, 0.717) is 11.4 Å². The Labute approximate surface area is 181 Å². The second-order valence-electron chi connectivity index (χ2n) is 7.65. The molecule has 0 heterocycles. The Morgan fingerprint density at radius 2 is 1.13 bits per heavy atom. The van der Waals surface area contributed by atoms with Crippen molar-refractivity contribution in [3.63, 3.8) is 0 Å². The average molecular weight is 409 g/mol. The van der Waals surface area contributed by atoms with Crippen LogP contribution in [0.4, 0.5) is 22.7 Å². The lowest BCUT2D eigenvalue weighted by atomic mass is 10.1. The number of azo groups is 2. The molecule has 0 spiro atoms. The van der Waals surface area contributed by atoms with Crippen LogP contribution in [0, 0.1) is 27.7 Å². The van der Waals surface area contributed by atoms with Crippen LogP contribution in [0.3, 0.4) is 0 Å². The van der Waals surface area contributed by atoms with Gasteiger partial charge in [0.15, 0.2) is 5.75 Å². The van der Waals surface area contributed by atoms with Crippen LogP contribution in [0.15, 0.2) is 87.2 Å². The third-order valence-corrected chi connectivity index (χ3v) is 5.65. The summed E-state index contributed by atoms with van der Waals surface area (Å²) >= 11 is 0. The van der Waals surface area contributed by atoms with E-state index in [9.17, 15) is 5.11 Å². The van der Waals surface area contributed by atoms with Crippen LogP contribution < -0.4 is 0 Å². The second kappa shape index (κ2) is 8.48. The highest BCUT2D eigenvalue weighted by atomic mass is 16.3. The van der Waals surface area contributed by atoms with E-state index in [0.717, 1.165) is 44.4 Å². The van der Waals surface area contributed by atoms with Crippen molar-refractivity contribution in [1.82, 2.24) is 0 Å². The molecule has 0 aliphatic heterocycles. The summed E-state index contributed by atoms with van der Waals surface area (Å²) in [5.41, 5.74) is 6.67. The molecule has 31 heavy (non-hydrogen) atoms. The number of hydrogen-bond donors (Lipinski definition) is 1. The zero-order chi connectivity index (χ0) is 22.0. The highest BCUT2D eigenvalue weighted by molar-refractivity contribution is 5.99. The smallest absolute Gasteiger partial charge is 0.171 e. The molecule has 4 aromatic carbocycles. The number of rotatable bonds is 4. The molecule has 5 heteroatoms. The van der Waals surface area contributed by atoms with Crippen LogP contribution in [0.25, 0.3) is 10.8 Å². The number of benzene rings is 4. The molecule has 0 aliphatic rings. The van der Waals surface area contributed by atoms with Gasteiger partial charge in [0.25, 0.3) is 0 Å². The van der Waals surface area contributed by atoms with Crippen LogP contribution in [-0.2, 0) is 0 Å². The van der Waals surface area contributed by atoms with Crippen molar-refractivity contribution in [1.29, 1.82) is 0 Å². The van der Waals surface area contributed by atoms with Crippen LogP contribution in [-0.4, -0.2) is 5.11 Å². The fourth-order valence-electron chi connectivity index (χ4n) is 3.38. The Hall–Kier alpha value is -3.86. The molecule has 4 aromatic rings. The first kappa shape index (κ1) is 20.4. The third kappa shape index (κ3) is 4.08. The van der Waals surface area contributed by atoms with Crippen molar-refractivity contribution in [3.05, 3.63) is 89.0 Å². The predicted octanol–water partition coefficient (Wildman–Crippen LogP) is 8.61. The molecule has 0 bridgehead atoms. The summed E-state index contributed by atoms with van der Waals surface area (Å²) in [6.45, 7) is 8.09. The largest absolute Gasteiger partial charge is 0.504 e. The van der Waals surface area contributed by atoms with Gasteiger partial charge < -0.3 is 5.11 Å². The lowest BCUT2D eigenvalue weighted by molar-refractivity contribution is 0.478. The number of hydrogen-bond acceptors (Lipinski definition) is 5. The van der Waals surface area contributed by atoms with Gasteiger partial charge in [-0.2, -0.15) is 10.2 Å². The minimum absolute atomic E-state index is 0.0400. The van der Waals surface area contributed by atoms with Gasteiger partial charge in [-0.25, -0.2) is 0 Å². The van der Waals surface area contributed by atoms with Crippen molar-refractivity contribution in [2.45, 2.75) is 27.7 Å². The Kier molecular flexibility index (Phi) is 5.58. The number of nitrogens with zero attached hydrogens (tertiary/aromatic N) is 4. The molecule has 0 amide bonds. The molecule has 0 fully saturated rings. The molecule has 0 saturated carbocycles. The summed E-state index contributed by atoms with van der Waals surface area (Å²) in [6, 6.07) is 21.3. The number of phenols is 1. The van der Waals surface area contributed by atoms with E-state index in [1.54, 1.807) is 0 Å². The molecule has 4 rings (SSSR count). The van der Waals surface area contributed by atoms with Crippen molar-refractivity contribution in [2.75, 3.05) is 0 Å². The average Bonchev–Trinajstić information content (AvgIpc) is 2.77. The summed E-state index contributed by atoms with van der Waals surface area (Å²) in [4.78, 5) is 0. The van der Waals surface area contributed by atoms with Gasteiger partial charge in [-0.3, -0.25) is 0 Å². The summed E-state index contributed by atoms with van der Waals surface area (Å²) in [5, 5.41) is 30.3. The van der Waals surface area contributed by atoms with Gasteiger partial charge in [0.1, 0.15) is 11.4 Å². The van der Waals surface area contributed by atoms with E-state index in [2.05, 4.69) is 20.5 Å². The number of fused-ring (bicyclic) bond motifs is 1. The number of aryl methyl sites for hydroxylation is 2. The molecule has 1 N–H and O–H groups in total. The van der Waals surface area contributed by atoms with E-state index in [4.69, 9.17) is 0 Å². The Balaban J connectivity index is 1.82. The van der Waals surface area contributed by atoms with E-state index in [-0.39, 0.29) is 5.75 Å². The monoisotopic (exact) mass is 408 g/mol. The molecular weight excluding hydrogens is 384 g/mol. The fraction of sp³-hybridized carbons (Fsp3) is 0.154. The fourth-order valence-corrected chi connectivity index (χ4v) is 3.38. The topological polar surface area (TPSA) is 69.7 Å². The van der Waals surface area contributed by atoms with Gasteiger partial charge in [0, 0.05) is 5.39 Å². The first-order chi connectivity index (χ1) is 15.0. The van der Waals surface area contributed by atoms with E-state index in [1.165, 1.54) is 0 Å². The van der Waals surface area contributed by atoms with Crippen molar-refractivity contribution < 1.29 is 5.11 Å². The van der Waals surface area contributed by atoms with Crippen LogP contribution in [0.1, 0.15) is 22.3 Å². The molecule has 5 nitrogen and oxygen atoms in total. The molecule has 154 valence electrons. The van der Waals surface area contributed by atoms with Crippen molar-refractivity contribution in [2.24, 2.45) is 20.5 Å². The quantitative estimate of drug-likeness (QED) is 0.337. The Morgan fingerprint density at radius 3 is 1.77 bits per heavy atom. The van der Waals surface area contributed by atoms with Gasteiger partial charge >= 0.3 is 0 Å². The maximum Gasteiger partial charge on any atom is 0.171 e. The summed E-state index contributed by atoms with van der Waals surface area (Å²) in [7, 11) is 0. The van der Waals surface area contributed by atoms with Crippen LogP contribution in [0.2, 0.25) is 0 Å². The minimum atomic E-state index is -0.0400. The van der Waals surface area contributed by atoms with Crippen molar-refractivity contribution in [3.8, 4) is 5.75 Å². The maximum atomic E-state index is 11.0. The molecule has 0 atom stereocenters. The Morgan fingerprint density at radius 1 is 0.581 bits per heavy atom. The molecule has 0 aliphatic carbocycles. The minimum Gasteiger partial charge on any atom is -0.504 e. The number of aromatic hydroxyl groups is 1. The second-order valence-corrected chi connectivity index (χ2v) is 7.65. The SMILES string of the molecule is Cc1cccc(N=Nc2cc3ccccc3c(N=Nc3cccc(C)c3C)c2O)c1C. The zero-order valence-corrected chi connectivity index (χ0v) is 18.1. The molecular formula is C26H24N4O. The van der Waals surface area contributed by atoms with E-state index in [1.807, 2.05) is 94.4 Å². The van der Waals surface area contributed by atoms with Gasteiger partial charge in [-0.15, -0.1) is 10.2 Å². The molecule has 0 aromatic heterocycles. The van der Waals surface area contributed by atoms with E-state index < -0.39 is 0 Å². The standard InChI is InChI=1S/C26H24N4O/c1-16-9-7-13-22(18(16)3)27-29-24-15-20-11-5-6-12-21(20)25(26(24)31)30-28-23-14-8-10-17(2)19(23)4/h5-15,31H,1-4H3. The normalized spacial score (nSPS) is 11.7. The van der Waals surface area contributed by atoms with Gasteiger partial charge in [-0.1, -0.05) is 48.5 Å². The highest BCUT2D eigenvalue weighted by Gasteiger charge is 2.13. The first-order valence-corrected chi connectivity index (χ1v) is 10.2. The zero-order valence-electron chi connectivity index (χ0n) is 18.1. The lowest BCUT2D eigenvalue weighted by Crippen LogP contribution is -1.81. The maximum absolute atomic E-state index is 11.0. The lowest BCUT2D eigenvalue weighted by Gasteiger charge is -2.08. The Bertz CT molecular complexity index is 1340. The van der Waals surface area contributed by atoms with E-state index >= 15 is 0 Å². The van der Waals surface area contributed by atoms with Crippen molar-refractivity contribution >= 4 is 33.5 Å². The van der Waals surface area contributed by atoms with Crippen LogP contribution in [0.5, 0.6) is 5.75 Å².